The van der Waals surface area contributed by atoms with Gasteiger partial charge in [-0.2, -0.15) is 0 Å². The SMILES string of the molecule is COc1ccc(Br)cc1C1CCCN1C(=O)c1coc(CN)c1.Cl. The molecule has 1 aromatic carbocycles. The van der Waals surface area contributed by atoms with Gasteiger partial charge in [0.2, 0.25) is 0 Å². The lowest BCUT2D eigenvalue weighted by Crippen LogP contribution is -2.30. The van der Waals surface area contributed by atoms with E-state index in [2.05, 4.69) is 15.9 Å². The predicted octanol–water partition coefficient (Wildman–Crippen LogP) is 3.91. The Hall–Kier alpha value is -1.50. The number of ether oxygens (including phenoxy) is 1. The van der Waals surface area contributed by atoms with Crippen LogP contribution in [0.3, 0.4) is 0 Å². The van der Waals surface area contributed by atoms with Gasteiger partial charge in [-0.05, 0) is 37.1 Å². The second-order valence-electron chi connectivity index (χ2n) is 5.55. The summed E-state index contributed by atoms with van der Waals surface area (Å²) < 4.78 is 11.7. The Kier molecular flexibility index (Phi) is 6.32. The van der Waals surface area contributed by atoms with Crippen molar-refractivity contribution in [1.82, 2.24) is 4.90 Å². The van der Waals surface area contributed by atoms with Crippen LogP contribution in [0.5, 0.6) is 5.75 Å². The van der Waals surface area contributed by atoms with E-state index in [1.165, 1.54) is 6.26 Å². The van der Waals surface area contributed by atoms with E-state index in [4.69, 9.17) is 14.9 Å². The third-order valence-corrected chi connectivity index (χ3v) is 4.66. The van der Waals surface area contributed by atoms with E-state index in [0.717, 1.165) is 35.2 Å². The molecule has 2 heterocycles. The second-order valence-corrected chi connectivity index (χ2v) is 6.46. The molecule has 0 spiro atoms. The summed E-state index contributed by atoms with van der Waals surface area (Å²) in [4.78, 5) is 14.7. The van der Waals surface area contributed by atoms with Crippen molar-refractivity contribution in [3.05, 3.63) is 51.9 Å². The number of likely N-dealkylation sites (tertiary alicyclic amines) is 1. The first-order valence-electron chi connectivity index (χ1n) is 7.56. The molecule has 130 valence electrons. The molecule has 24 heavy (non-hydrogen) atoms. The van der Waals surface area contributed by atoms with Crippen LogP contribution in [0.2, 0.25) is 0 Å². The third kappa shape index (κ3) is 3.61. The number of hydrogen-bond donors (Lipinski definition) is 1. The van der Waals surface area contributed by atoms with Crippen LogP contribution in [0.1, 0.15) is 40.6 Å². The zero-order chi connectivity index (χ0) is 16.4. The lowest BCUT2D eigenvalue weighted by Gasteiger charge is -2.26. The molecule has 3 rings (SSSR count). The largest absolute Gasteiger partial charge is 0.496 e. The first-order chi connectivity index (χ1) is 11.1. The number of carbonyl (C=O) groups is 1. The van der Waals surface area contributed by atoms with Crippen molar-refractivity contribution in [1.29, 1.82) is 0 Å². The number of methoxy groups -OCH3 is 1. The summed E-state index contributed by atoms with van der Waals surface area (Å²) in [7, 11) is 1.65. The zero-order valence-electron chi connectivity index (χ0n) is 13.3. The number of halogens is 2. The maximum Gasteiger partial charge on any atom is 0.257 e. The van der Waals surface area contributed by atoms with E-state index >= 15 is 0 Å². The standard InChI is InChI=1S/C17H19BrN2O3.ClH/c1-22-16-5-4-12(18)8-14(16)15-3-2-6-20(15)17(21)11-7-13(9-19)23-10-11;/h4-5,7-8,10,15H,2-3,6,9,19H2,1H3;1H. The van der Waals surface area contributed by atoms with E-state index in [1.807, 2.05) is 23.1 Å². The van der Waals surface area contributed by atoms with Crippen LogP contribution in [-0.4, -0.2) is 24.5 Å². The van der Waals surface area contributed by atoms with E-state index in [1.54, 1.807) is 13.2 Å². The van der Waals surface area contributed by atoms with Gasteiger partial charge in [-0.15, -0.1) is 12.4 Å². The molecule has 5 nitrogen and oxygen atoms in total. The van der Waals surface area contributed by atoms with Gasteiger partial charge in [0.1, 0.15) is 17.8 Å². The molecule has 0 aliphatic carbocycles. The van der Waals surface area contributed by atoms with Crippen molar-refractivity contribution >= 4 is 34.2 Å². The van der Waals surface area contributed by atoms with Gasteiger partial charge >= 0.3 is 0 Å². The van der Waals surface area contributed by atoms with Crippen molar-refractivity contribution in [3.8, 4) is 5.75 Å². The minimum Gasteiger partial charge on any atom is -0.496 e. The van der Waals surface area contributed by atoms with Crippen molar-refractivity contribution in [2.45, 2.75) is 25.4 Å². The molecule has 1 saturated heterocycles. The molecule has 1 atom stereocenters. The molecule has 1 aromatic heterocycles. The Labute approximate surface area is 155 Å². The maximum atomic E-state index is 12.8. The van der Waals surface area contributed by atoms with Crippen LogP contribution >= 0.6 is 28.3 Å². The van der Waals surface area contributed by atoms with Gasteiger partial charge < -0.3 is 19.8 Å². The van der Waals surface area contributed by atoms with Crippen molar-refractivity contribution < 1.29 is 13.9 Å². The third-order valence-electron chi connectivity index (χ3n) is 4.17. The number of nitrogens with zero attached hydrogens (tertiary/aromatic N) is 1. The minimum atomic E-state index is -0.0296. The molecule has 0 bridgehead atoms. The van der Waals surface area contributed by atoms with Gasteiger partial charge in [-0.3, -0.25) is 4.79 Å². The lowest BCUT2D eigenvalue weighted by molar-refractivity contribution is 0.0733. The number of amides is 1. The Balaban J connectivity index is 0.00000208. The van der Waals surface area contributed by atoms with Gasteiger partial charge in [-0.1, -0.05) is 15.9 Å². The van der Waals surface area contributed by atoms with Crippen LogP contribution in [0.25, 0.3) is 0 Å². The van der Waals surface area contributed by atoms with E-state index in [-0.39, 0.29) is 30.9 Å². The normalized spacial score (nSPS) is 16.8. The fourth-order valence-electron chi connectivity index (χ4n) is 3.06. The summed E-state index contributed by atoms with van der Waals surface area (Å²) in [6, 6.07) is 7.61. The summed E-state index contributed by atoms with van der Waals surface area (Å²) in [6.45, 7) is 1.01. The number of nitrogens with two attached hydrogens (primary N) is 1. The molecular weight excluding hydrogens is 396 g/mol. The molecule has 2 aromatic rings. The van der Waals surface area contributed by atoms with Gasteiger partial charge in [-0.25, -0.2) is 0 Å². The average molecular weight is 416 g/mol. The first kappa shape index (κ1) is 18.8. The fraction of sp³-hybridized carbons (Fsp3) is 0.353. The molecular formula is C17H20BrClN2O3. The molecule has 2 N–H and O–H groups in total. The molecule has 0 saturated carbocycles. The topological polar surface area (TPSA) is 68.7 Å². The summed E-state index contributed by atoms with van der Waals surface area (Å²) in [5.41, 5.74) is 7.12. The lowest BCUT2D eigenvalue weighted by atomic mass is 10.0. The van der Waals surface area contributed by atoms with E-state index in [0.29, 0.717) is 11.3 Å². The molecule has 1 fully saturated rings. The van der Waals surface area contributed by atoms with E-state index < -0.39 is 0 Å². The molecule has 1 unspecified atom stereocenters. The van der Waals surface area contributed by atoms with E-state index in [9.17, 15) is 4.79 Å². The number of hydrogen-bond acceptors (Lipinski definition) is 4. The second kappa shape index (κ2) is 8.05. The highest BCUT2D eigenvalue weighted by atomic mass is 79.9. The molecule has 1 amide bonds. The summed E-state index contributed by atoms with van der Waals surface area (Å²) in [6.07, 6.45) is 3.37. The van der Waals surface area contributed by atoms with Gasteiger partial charge in [0.25, 0.3) is 5.91 Å². The van der Waals surface area contributed by atoms with Gasteiger partial charge in [0.05, 0.1) is 25.3 Å². The zero-order valence-corrected chi connectivity index (χ0v) is 15.7. The average Bonchev–Trinajstić information content (AvgIpc) is 3.23. The summed E-state index contributed by atoms with van der Waals surface area (Å²) in [5.74, 6) is 1.38. The predicted molar refractivity (Wildman–Crippen MR) is 97.6 cm³/mol. The molecule has 0 radical (unpaired) electrons. The van der Waals surface area contributed by atoms with Gasteiger partial charge in [0.15, 0.2) is 0 Å². The fourth-order valence-corrected chi connectivity index (χ4v) is 3.44. The Bertz CT molecular complexity index is 720. The number of benzene rings is 1. The van der Waals surface area contributed by atoms with Crippen LogP contribution in [0, 0.1) is 0 Å². The number of furan rings is 1. The van der Waals surface area contributed by atoms with Crippen LogP contribution in [0.15, 0.2) is 39.4 Å². The summed E-state index contributed by atoms with van der Waals surface area (Å²) >= 11 is 3.50. The van der Waals surface area contributed by atoms with Crippen LogP contribution in [-0.2, 0) is 6.54 Å². The molecule has 1 aliphatic rings. The summed E-state index contributed by atoms with van der Waals surface area (Å²) in [5, 5.41) is 0. The molecule has 1 aliphatic heterocycles. The van der Waals surface area contributed by atoms with Crippen LogP contribution < -0.4 is 10.5 Å². The maximum absolute atomic E-state index is 12.8. The van der Waals surface area contributed by atoms with Gasteiger partial charge in [0, 0.05) is 16.6 Å². The van der Waals surface area contributed by atoms with Crippen molar-refractivity contribution in [3.63, 3.8) is 0 Å². The van der Waals surface area contributed by atoms with Crippen LogP contribution in [0.4, 0.5) is 0 Å². The highest BCUT2D eigenvalue weighted by molar-refractivity contribution is 9.10. The number of carbonyl (C=O) groups excluding carboxylic acids is 1. The Morgan fingerprint density at radius 2 is 2.25 bits per heavy atom. The quantitative estimate of drug-likeness (QED) is 0.822. The molecule has 7 heteroatoms. The Morgan fingerprint density at radius 1 is 1.46 bits per heavy atom. The van der Waals surface area contributed by atoms with Crippen molar-refractivity contribution in [2.24, 2.45) is 5.73 Å². The highest BCUT2D eigenvalue weighted by Gasteiger charge is 2.33. The number of rotatable bonds is 4. The van der Waals surface area contributed by atoms with Crippen molar-refractivity contribution in [2.75, 3.05) is 13.7 Å². The Morgan fingerprint density at radius 3 is 2.92 bits per heavy atom. The highest BCUT2D eigenvalue weighted by Crippen LogP contribution is 2.39. The monoisotopic (exact) mass is 414 g/mol. The first-order valence-corrected chi connectivity index (χ1v) is 8.35. The minimum absolute atomic E-state index is 0. The smallest absolute Gasteiger partial charge is 0.257 e.